The first-order valence-electron chi connectivity index (χ1n) is 2.98. The minimum atomic E-state index is 0.474. The number of hydrogen-bond acceptors (Lipinski definition) is 2. The lowest BCUT2D eigenvalue weighted by Gasteiger charge is -1.97. The number of aromatic nitrogens is 1. The van der Waals surface area contributed by atoms with Gasteiger partial charge in [-0.1, -0.05) is 5.92 Å². The van der Waals surface area contributed by atoms with E-state index in [4.69, 9.17) is 12.2 Å². The Bertz CT molecular complexity index is 260. The first kappa shape index (κ1) is 6.79. The molecule has 0 aliphatic heterocycles. The number of terminal acetylenes is 1. The van der Waals surface area contributed by atoms with Crippen LogP contribution in [0.3, 0.4) is 0 Å². The third-order valence-corrected chi connectivity index (χ3v) is 1.29. The van der Waals surface area contributed by atoms with Crippen molar-refractivity contribution in [2.75, 3.05) is 0 Å². The molecule has 0 spiro atoms. The number of nitrogens with zero attached hydrogens (tertiary/aromatic N) is 1. The van der Waals surface area contributed by atoms with Crippen molar-refractivity contribution in [2.45, 2.75) is 6.54 Å². The van der Waals surface area contributed by atoms with Gasteiger partial charge in [-0.25, -0.2) is 0 Å². The molecule has 0 unspecified atom stereocenters. The summed E-state index contributed by atoms with van der Waals surface area (Å²) in [7, 11) is 0. The summed E-state index contributed by atoms with van der Waals surface area (Å²) in [5.41, 5.74) is 7.16. The molecule has 1 aromatic rings. The van der Waals surface area contributed by atoms with Gasteiger partial charge in [0.1, 0.15) is 0 Å². The summed E-state index contributed by atoms with van der Waals surface area (Å²) in [6.45, 7) is 0.474. The highest BCUT2D eigenvalue weighted by molar-refractivity contribution is 5.36. The quantitative estimate of drug-likeness (QED) is 0.566. The molecule has 0 aliphatic rings. The van der Waals surface area contributed by atoms with Gasteiger partial charge < -0.3 is 5.73 Å². The molecule has 2 heteroatoms. The molecule has 2 nitrogen and oxygen atoms in total. The summed E-state index contributed by atoms with van der Waals surface area (Å²) in [4.78, 5) is 3.87. The van der Waals surface area contributed by atoms with Gasteiger partial charge in [0.05, 0.1) is 0 Å². The van der Waals surface area contributed by atoms with Gasteiger partial charge in [0.25, 0.3) is 0 Å². The van der Waals surface area contributed by atoms with Crippen LogP contribution in [-0.2, 0) is 6.54 Å². The van der Waals surface area contributed by atoms with Gasteiger partial charge in [0.2, 0.25) is 0 Å². The van der Waals surface area contributed by atoms with E-state index in [-0.39, 0.29) is 0 Å². The monoisotopic (exact) mass is 132 g/mol. The summed E-state index contributed by atoms with van der Waals surface area (Å²) < 4.78 is 0. The van der Waals surface area contributed by atoms with E-state index in [0.717, 1.165) is 11.1 Å². The van der Waals surface area contributed by atoms with E-state index in [9.17, 15) is 0 Å². The first-order chi connectivity index (χ1) is 4.88. The van der Waals surface area contributed by atoms with E-state index in [1.807, 2.05) is 6.07 Å². The molecular weight excluding hydrogens is 124 g/mol. The van der Waals surface area contributed by atoms with Crippen molar-refractivity contribution in [1.29, 1.82) is 0 Å². The minimum Gasteiger partial charge on any atom is -0.326 e. The van der Waals surface area contributed by atoms with Crippen LogP contribution in [0, 0.1) is 12.3 Å². The first-order valence-corrected chi connectivity index (χ1v) is 2.98. The zero-order chi connectivity index (χ0) is 7.40. The Morgan fingerprint density at radius 3 is 3.00 bits per heavy atom. The summed E-state index contributed by atoms with van der Waals surface area (Å²) in [6.07, 6.45) is 8.51. The fourth-order valence-corrected chi connectivity index (χ4v) is 0.731. The zero-order valence-electron chi connectivity index (χ0n) is 5.54. The molecule has 0 saturated heterocycles. The summed E-state index contributed by atoms with van der Waals surface area (Å²) in [5.74, 6) is 2.50. The van der Waals surface area contributed by atoms with Crippen LogP contribution in [-0.4, -0.2) is 4.98 Å². The second kappa shape index (κ2) is 3.00. The van der Waals surface area contributed by atoms with E-state index in [2.05, 4.69) is 10.9 Å². The van der Waals surface area contributed by atoms with Gasteiger partial charge in [-0.2, -0.15) is 0 Å². The largest absolute Gasteiger partial charge is 0.326 e. The minimum absolute atomic E-state index is 0.474. The highest BCUT2D eigenvalue weighted by atomic mass is 14.6. The van der Waals surface area contributed by atoms with Crippen molar-refractivity contribution in [1.82, 2.24) is 4.98 Å². The molecular formula is C8H8N2. The molecule has 0 aromatic carbocycles. The topological polar surface area (TPSA) is 38.9 Å². The second-order valence-electron chi connectivity index (χ2n) is 1.88. The normalized spacial score (nSPS) is 8.80. The lowest BCUT2D eigenvalue weighted by molar-refractivity contribution is 1.05. The number of nitrogens with two attached hydrogens (primary N) is 1. The van der Waals surface area contributed by atoms with Crippen molar-refractivity contribution in [3.8, 4) is 12.3 Å². The molecule has 0 bridgehead atoms. The Balaban J connectivity index is 3.12. The molecule has 0 radical (unpaired) electrons. The zero-order valence-corrected chi connectivity index (χ0v) is 5.54. The Hall–Kier alpha value is -1.33. The smallest absolute Gasteiger partial charge is 0.0470 e. The van der Waals surface area contributed by atoms with Crippen LogP contribution in [0.5, 0.6) is 0 Å². The fourth-order valence-electron chi connectivity index (χ4n) is 0.731. The number of rotatable bonds is 1. The Morgan fingerprint density at radius 1 is 1.70 bits per heavy atom. The molecule has 50 valence electrons. The predicted molar refractivity (Wildman–Crippen MR) is 40.1 cm³/mol. The van der Waals surface area contributed by atoms with Gasteiger partial charge in [-0.15, -0.1) is 6.42 Å². The van der Waals surface area contributed by atoms with Gasteiger partial charge in [0.15, 0.2) is 0 Å². The van der Waals surface area contributed by atoms with Crippen LogP contribution in [0.15, 0.2) is 18.5 Å². The Kier molecular flexibility index (Phi) is 2.03. The van der Waals surface area contributed by atoms with Crippen LogP contribution in [0.2, 0.25) is 0 Å². The molecule has 1 aromatic heterocycles. The van der Waals surface area contributed by atoms with Crippen molar-refractivity contribution >= 4 is 0 Å². The van der Waals surface area contributed by atoms with Crippen LogP contribution in [0.25, 0.3) is 0 Å². The van der Waals surface area contributed by atoms with Crippen molar-refractivity contribution in [2.24, 2.45) is 5.73 Å². The SMILES string of the molecule is C#Cc1cnccc1CN. The average Bonchev–Trinajstić information content (AvgIpc) is 2.04. The van der Waals surface area contributed by atoms with E-state index in [0.29, 0.717) is 6.54 Å². The molecule has 0 aliphatic carbocycles. The fraction of sp³-hybridized carbons (Fsp3) is 0.125. The molecule has 2 N–H and O–H groups in total. The standard InChI is InChI=1S/C8H8N2/c1-2-7-6-10-4-3-8(7)5-9/h1,3-4,6H,5,9H2. The van der Waals surface area contributed by atoms with Crippen LogP contribution in [0.4, 0.5) is 0 Å². The second-order valence-corrected chi connectivity index (χ2v) is 1.88. The van der Waals surface area contributed by atoms with Gasteiger partial charge >= 0.3 is 0 Å². The molecule has 10 heavy (non-hydrogen) atoms. The maximum atomic E-state index is 5.40. The lowest BCUT2D eigenvalue weighted by atomic mass is 10.1. The average molecular weight is 132 g/mol. The van der Waals surface area contributed by atoms with Crippen molar-refractivity contribution < 1.29 is 0 Å². The lowest BCUT2D eigenvalue weighted by Crippen LogP contribution is -1.99. The predicted octanol–water partition coefficient (Wildman–Crippen LogP) is 0.522. The summed E-state index contributed by atoms with van der Waals surface area (Å²) >= 11 is 0. The molecule has 0 fully saturated rings. The summed E-state index contributed by atoms with van der Waals surface area (Å²) in [6, 6.07) is 1.83. The molecule has 1 rings (SSSR count). The highest BCUT2D eigenvalue weighted by Gasteiger charge is 1.93. The Labute approximate surface area is 60.1 Å². The maximum Gasteiger partial charge on any atom is 0.0470 e. The molecule has 0 atom stereocenters. The third kappa shape index (κ3) is 1.15. The number of hydrogen-bond donors (Lipinski definition) is 1. The molecule has 0 amide bonds. The summed E-state index contributed by atoms with van der Waals surface area (Å²) in [5, 5.41) is 0. The van der Waals surface area contributed by atoms with Crippen LogP contribution >= 0.6 is 0 Å². The molecule has 1 heterocycles. The maximum absolute atomic E-state index is 5.40. The number of pyridine rings is 1. The third-order valence-electron chi connectivity index (χ3n) is 1.29. The van der Waals surface area contributed by atoms with Gasteiger partial charge in [-0.3, -0.25) is 4.98 Å². The molecule has 0 saturated carbocycles. The van der Waals surface area contributed by atoms with Crippen molar-refractivity contribution in [3.05, 3.63) is 29.6 Å². The Morgan fingerprint density at radius 2 is 2.50 bits per heavy atom. The van der Waals surface area contributed by atoms with Gasteiger partial charge in [0, 0.05) is 24.5 Å². The van der Waals surface area contributed by atoms with Crippen molar-refractivity contribution in [3.63, 3.8) is 0 Å². The van der Waals surface area contributed by atoms with Crippen LogP contribution in [0.1, 0.15) is 11.1 Å². The van der Waals surface area contributed by atoms with Crippen LogP contribution < -0.4 is 5.73 Å². The van der Waals surface area contributed by atoms with Gasteiger partial charge in [-0.05, 0) is 11.6 Å². The van der Waals surface area contributed by atoms with E-state index in [1.165, 1.54) is 0 Å². The van der Waals surface area contributed by atoms with E-state index < -0.39 is 0 Å². The van der Waals surface area contributed by atoms with E-state index >= 15 is 0 Å². The highest BCUT2D eigenvalue weighted by Crippen LogP contribution is 2.02. The van der Waals surface area contributed by atoms with E-state index in [1.54, 1.807) is 12.4 Å².